The minimum atomic E-state index is -0.0979. The molecule has 1 atom stereocenters. The van der Waals surface area contributed by atoms with E-state index in [0.717, 1.165) is 30.6 Å². The third-order valence-corrected chi connectivity index (χ3v) is 4.62. The van der Waals surface area contributed by atoms with Crippen molar-refractivity contribution >= 4 is 16.6 Å². The summed E-state index contributed by atoms with van der Waals surface area (Å²) in [6, 6.07) is 0.387. The van der Waals surface area contributed by atoms with Crippen LogP contribution in [0.4, 0.5) is 0 Å². The Morgan fingerprint density at radius 3 is 2.86 bits per heavy atom. The number of fused-ring (bicyclic) bond motifs is 1. The largest absolute Gasteiger partial charge is 0.390 e. The summed E-state index contributed by atoms with van der Waals surface area (Å²) in [7, 11) is 0. The summed E-state index contributed by atoms with van der Waals surface area (Å²) in [5.74, 6) is 1.03. The van der Waals surface area contributed by atoms with E-state index in [-0.39, 0.29) is 5.56 Å². The van der Waals surface area contributed by atoms with Gasteiger partial charge >= 0.3 is 0 Å². The van der Waals surface area contributed by atoms with Crippen LogP contribution < -0.4 is 10.9 Å². The third-order valence-electron chi connectivity index (χ3n) is 4.62. The highest BCUT2D eigenvalue weighted by atomic mass is 16.1. The quantitative estimate of drug-likeness (QED) is 0.882. The standard InChI is InChI=1S/C15H19N5O/c1-9-6-16-7-11(9)13-18-14-12(15(21)19-13)8-17-20(14)10-4-2-3-5-10/h7-10,16H,2-6H2,1H3,(H,18,19,21)/t9-/m1/s1. The van der Waals surface area contributed by atoms with Crippen LogP contribution in [0.25, 0.3) is 16.6 Å². The first-order chi connectivity index (χ1) is 10.2. The molecule has 110 valence electrons. The summed E-state index contributed by atoms with van der Waals surface area (Å²) in [6.45, 7) is 3.02. The summed E-state index contributed by atoms with van der Waals surface area (Å²) in [6.07, 6.45) is 8.31. The highest BCUT2D eigenvalue weighted by Crippen LogP contribution is 2.31. The van der Waals surface area contributed by atoms with Crippen LogP contribution >= 0.6 is 0 Å². The maximum Gasteiger partial charge on any atom is 0.262 e. The van der Waals surface area contributed by atoms with Crippen LogP contribution in [0, 0.1) is 5.92 Å². The molecule has 1 saturated carbocycles. The number of aromatic nitrogens is 4. The Kier molecular flexibility index (Phi) is 2.83. The van der Waals surface area contributed by atoms with E-state index in [1.54, 1.807) is 6.20 Å². The molecular formula is C15H19N5O. The molecular weight excluding hydrogens is 266 g/mol. The van der Waals surface area contributed by atoms with Crippen LogP contribution in [0.5, 0.6) is 0 Å². The molecule has 0 bridgehead atoms. The molecule has 1 aliphatic heterocycles. The van der Waals surface area contributed by atoms with Crippen molar-refractivity contribution in [1.29, 1.82) is 0 Å². The van der Waals surface area contributed by atoms with Crippen LogP contribution in [0.2, 0.25) is 0 Å². The van der Waals surface area contributed by atoms with Crippen LogP contribution in [0.3, 0.4) is 0 Å². The van der Waals surface area contributed by atoms with Gasteiger partial charge < -0.3 is 10.3 Å². The second-order valence-electron chi connectivity index (χ2n) is 6.09. The second kappa shape index (κ2) is 4.72. The SMILES string of the molecule is C[C@@H]1CNC=C1c1nc2c(cnn2C2CCCC2)c(=O)[nH]1. The number of nitrogens with zero attached hydrogens (tertiary/aromatic N) is 3. The fraction of sp³-hybridized carbons (Fsp3) is 0.533. The molecule has 2 aromatic rings. The topological polar surface area (TPSA) is 75.6 Å². The van der Waals surface area contributed by atoms with Gasteiger partial charge in [-0.05, 0) is 12.8 Å². The van der Waals surface area contributed by atoms with Crippen molar-refractivity contribution in [1.82, 2.24) is 25.1 Å². The molecule has 0 radical (unpaired) electrons. The van der Waals surface area contributed by atoms with Crippen LogP contribution in [0.1, 0.15) is 44.5 Å². The molecule has 1 aliphatic carbocycles. The van der Waals surface area contributed by atoms with Crippen molar-refractivity contribution in [2.75, 3.05) is 6.54 Å². The smallest absolute Gasteiger partial charge is 0.262 e. The maximum absolute atomic E-state index is 12.3. The molecule has 0 aromatic carbocycles. The van der Waals surface area contributed by atoms with Crippen LogP contribution in [-0.4, -0.2) is 26.3 Å². The number of H-pyrrole nitrogens is 1. The van der Waals surface area contributed by atoms with Gasteiger partial charge in [0, 0.05) is 24.2 Å². The van der Waals surface area contributed by atoms with Crippen molar-refractivity contribution in [2.45, 2.75) is 38.6 Å². The van der Waals surface area contributed by atoms with Crippen molar-refractivity contribution in [3.05, 3.63) is 28.6 Å². The molecule has 0 unspecified atom stereocenters. The lowest BCUT2D eigenvalue weighted by Gasteiger charge is -2.12. The highest BCUT2D eigenvalue weighted by Gasteiger charge is 2.23. The predicted octanol–water partition coefficient (Wildman–Crippen LogP) is 1.81. The Hall–Kier alpha value is -2.11. The van der Waals surface area contributed by atoms with E-state index in [0.29, 0.717) is 23.2 Å². The molecule has 0 spiro atoms. The zero-order chi connectivity index (χ0) is 14.4. The molecule has 6 nitrogen and oxygen atoms in total. The average Bonchev–Trinajstić information content (AvgIpc) is 3.16. The highest BCUT2D eigenvalue weighted by molar-refractivity contribution is 5.76. The molecule has 3 heterocycles. The minimum absolute atomic E-state index is 0.0979. The number of rotatable bonds is 2. The summed E-state index contributed by atoms with van der Waals surface area (Å²) in [4.78, 5) is 19.9. The Morgan fingerprint density at radius 1 is 1.33 bits per heavy atom. The van der Waals surface area contributed by atoms with Crippen LogP contribution in [-0.2, 0) is 0 Å². The number of hydrogen-bond acceptors (Lipinski definition) is 4. The number of nitrogens with one attached hydrogen (secondary N) is 2. The third kappa shape index (κ3) is 1.97. The van der Waals surface area contributed by atoms with Gasteiger partial charge in [-0.15, -0.1) is 0 Å². The molecule has 6 heteroatoms. The van der Waals surface area contributed by atoms with Gasteiger partial charge in [0.2, 0.25) is 0 Å². The molecule has 0 amide bonds. The van der Waals surface area contributed by atoms with Crippen molar-refractivity contribution in [3.63, 3.8) is 0 Å². The minimum Gasteiger partial charge on any atom is -0.390 e. The van der Waals surface area contributed by atoms with E-state index < -0.39 is 0 Å². The zero-order valence-corrected chi connectivity index (χ0v) is 12.1. The number of aromatic amines is 1. The first-order valence-corrected chi connectivity index (χ1v) is 7.65. The van der Waals surface area contributed by atoms with Gasteiger partial charge in [0.15, 0.2) is 5.65 Å². The zero-order valence-electron chi connectivity index (χ0n) is 12.1. The Balaban J connectivity index is 1.87. The Labute approximate surface area is 122 Å². The molecule has 4 rings (SSSR count). The van der Waals surface area contributed by atoms with Gasteiger partial charge in [0.1, 0.15) is 11.2 Å². The van der Waals surface area contributed by atoms with Crippen molar-refractivity contribution < 1.29 is 0 Å². The molecule has 21 heavy (non-hydrogen) atoms. The summed E-state index contributed by atoms with van der Waals surface area (Å²) in [5.41, 5.74) is 1.69. The van der Waals surface area contributed by atoms with E-state index in [1.165, 1.54) is 12.8 Å². The van der Waals surface area contributed by atoms with Crippen LogP contribution in [0.15, 0.2) is 17.2 Å². The lowest BCUT2D eigenvalue weighted by Crippen LogP contribution is -2.15. The normalized spacial score (nSPS) is 22.7. The van der Waals surface area contributed by atoms with Crippen molar-refractivity contribution in [3.8, 4) is 0 Å². The Morgan fingerprint density at radius 2 is 2.14 bits per heavy atom. The monoisotopic (exact) mass is 285 g/mol. The van der Waals surface area contributed by atoms with Gasteiger partial charge in [0.25, 0.3) is 5.56 Å². The predicted molar refractivity (Wildman–Crippen MR) is 80.8 cm³/mol. The molecule has 0 saturated heterocycles. The van der Waals surface area contributed by atoms with Crippen molar-refractivity contribution in [2.24, 2.45) is 5.92 Å². The Bertz CT molecular complexity index is 766. The summed E-state index contributed by atoms with van der Waals surface area (Å²) in [5, 5.41) is 8.22. The van der Waals surface area contributed by atoms with E-state index in [9.17, 15) is 4.79 Å². The fourth-order valence-electron chi connectivity index (χ4n) is 3.39. The summed E-state index contributed by atoms with van der Waals surface area (Å²) < 4.78 is 1.95. The van der Waals surface area contributed by atoms with Gasteiger partial charge in [-0.2, -0.15) is 5.10 Å². The average molecular weight is 285 g/mol. The van der Waals surface area contributed by atoms with E-state index in [2.05, 4.69) is 22.3 Å². The molecule has 1 fully saturated rings. The van der Waals surface area contributed by atoms with Gasteiger partial charge in [-0.25, -0.2) is 9.67 Å². The van der Waals surface area contributed by atoms with E-state index in [4.69, 9.17) is 4.98 Å². The first kappa shape index (κ1) is 12.6. The maximum atomic E-state index is 12.3. The molecule has 2 N–H and O–H groups in total. The van der Waals surface area contributed by atoms with E-state index >= 15 is 0 Å². The van der Waals surface area contributed by atoms with Gasteiger partial charge in [0.05, 0.1) is 12.2 Å². The lowest BCUT2D eigenvalue weighted by molar-refractivity contribution is 0.478. The number of hydrogen-bond donors (Lipinski definition) is 2. The summed E-state index contributed by atoms with van der Waals surface area (Å²) >= 11 is 0. The van der Waals surface area contributed by atoms with Gasteiger partial charge in [-0.3, -0.25) is 4.79 Å². The molecule has 2 aromatic heterocycles. The molecule has 2 aliphatic rings. The first-order valence-electron chi connectivity index (χ1n) is 7.65. The second-order valence-corrected chi connectivity index (χ2v) is 6.09. The van der Waals surface area contributed by atoms with E-state index in [1.807, 2.05) is 10.9 Å². The fourth-order valence-corrected chi connectivity index (χ4v) is 3.39. The van der Waals surface area contributed by atoms with Gasteiger partial charge in [-0.1, -0.05) is 19.8 Å². The lowest BCUT2D eigenvalue weighted by atomic mass is 10.0.